The van der Waals surface area contributed by atoms with Crippen LogP contribution in [-0.4, -0.2) is 30.1 Å². The van der Waals surface area contributed by atoms with Gasteiger partial charge in [0.1, 0.15) is 0 Å². The number of hydrogen-bond donors (Lipinski definition) is 0. The SMILES string of the molecule is Cc1ccc2c(c1)N(C)C1=[Te]2N(c2ccccc2)C=C1. The van der Waals surface area contributed by atoms with Crippen LogP contribution in [0.3, 0.4) is 0 Å². The molecule has 0 atom stereocenters. The molecule has 0 unspecified atom stereocenters. The van der Waals surface area contributed by atoms with E-state index in [-0.39, 0.29) is 0 Å². The Kier molecular flexibility index (Phi) is 2.73. The summed E-state index contributed by atoms with van der Waals surface area (Å²) >= 11 is -1.66. The minimum absolute atomic E-state index is 1.32. The molecule has 0 saturated heterocycles. The fourth-order valence-electron chi connectivity index (χ4n) is 2.76. The molecule has 0 fully saturated rings. The topological polar surface area (TPSA) is 6.48 Å². The van der Waals surface area contributed by atoms with Crippen molar-refractivity contribution in [3.63, 3.8) is 0 Å². The van der Waals surface area contributed by atoms with E-state index in [2.05, 4.69) is 82.8 Å². The Morgan fingerprint density at radius 1 is 1.00 bits per heavy atom. The number of hydrogen-bond acceptors (Lipinski definition) is 2. The van der Waals surface area contributed by atoms with Crippen molar-refractivity contribution in [3.8, 4) is 0 Å². The normalized spacial score (nSPS) is 16.8. The van der Waals surface area contributed by atoms with Crippen molar-refractivity contribution in [1.82, 2.24) is 0 Å². The van der Waals surface area contributed by atoms with Gasteiger partial charge in [-0.05, 0) is 0 Å². The fraction of sp³-hybridized carbons (Fsp3) is 0.118. The number of fused-ring (bicyclic) bond motifs is 2. The molecular weight excluding hydrogens is 360 g/mol. The Bertz CT molecular complexity index is 747. The zero-order valence-corrected chi connectivity index (χ0v) is 13.9. The first-order chi connectivity index (χ1) is 9.75. The van der Waals surface area contributed by atoms with Gasteiger partial charge in [0.25, 0.3) is 0 Å². The van der Waals surface area contributed by atoms with Gasteiger partial charge < -0.3 is 0 Å². The summed E-state index contributed by atoms with van der Waals surface area (Å²) < 4.78 is 5.61. The zero-order valence-electron chi connectivity index (χ0n) is 11.6. The third-order valence-corrected chi connectivity index (χ3v) is 10.3. The second kappa shape index (κ2) is 4.48. The van der Waals surface area contributed by atoms with Gasteiger partial charge in [-0.25, -0.2) is 0 Å². The van der Waals surface area contributed by atoms with Crippen molar-refractivity contribution in [3.05, 3.63) is 66.4 Å². The Morgan fingerprint density at radius 2 is 1.80 bits per heavy atom. The number of aryl methyl sites for hydroxylation is 1. The molecule has 2 nitrogen and oxygen atoms in total. The van der Waals surface area contributed by atoms with Gasteiger partial charge in [-0.15, -0.1) is 0 Å². The number of likely N-dealkylation sites (N-methyl/N-ethyl adjacent to an activating group) is 1. The van der Waals surface area contributed by atoms with Gasteiger partial charge in [-0.3, -0.25) is 0 Å². The van der Waals surface area contributed by atoms with Gasteiger partial charge in [0, 0.05) is 0 Å². The summed E-state index contributed by atoms with van der Waals surface area (Å²) in [5.41, 5.74) is 4.06. The molecular formula is C17H16N2Te. The molecule has 0 aromatic heterocycles. The molecule has 2 heterocycles. The monoisotopic (exact) mass is 378 g/mol. The van der Waals surface area contributed by atoms with Crippen molar-refractivity contribution < 1.29 is 0 Å². The number of benzene rings is 2. The molecule has 0 amide bonds. The Hall–Kier alpha value is -1.56. The summed E-state index contributed by atoms with van der Waals surface area (Å²) in [7, 11) is 2.20. The molecule has 0 N–H and O–H groups in total. The second-order valence-corrected chi connectivity index (χ2v) is 10.3. The van der Waals surface area contributed by atoms with Gasteiger partial charge in [0.2, 0.25) is 0 Å². The average molecular weight is 376 g/mol. The van der Waals surface area contributed by atoms with E-state index in [4.69, 9.17) is 0 Å². The van der Waals surface area contributed by atoms with E-state index in [0.717, 1.165) is 0 Å². The van der Waals surface area contributed by atoms with Crippen LogP contribution in [0.15, 0.2) is 60.8 Å². The molecule has 2 aromatic carbocycles. The van der Waals surface area contributed by atoms with Crippen LogP contribution in [0.5, 0.6) is 0 Å². The number of anilines is 2. The van der Waals surface area contributed by atoms with E-state index in [1.165, 1.54) is 20.6 Å². The molecule has 20 heavy (non-hydrogen) atoms. The van der Waals surface area contributed by atoms with E-state index >= 15 is 0 Å². The van der Waals surface area contributed by atoms with Crippen LogP contribution in [0.4, 0.5) is 11.4 Å². The summed E-state index contributed by atoms with van der Waals surface area (Å²) in [6.07, 6.45) is 4.57. The first kappa shape index (κ1) is 12.2. The molecule has 2 aromatic rings. The minimum atomic E-state index is -1.66. The summed E-state index contributed by atoms with van der Waals surface area (Å²) in [5, 5.41) is 0. The predicted molar refractivity (Wildman–Crippen MR) is 88.0 cm³/mol. The molecule has 4 rings (SSSR count). The van der Waals surface area contributed by atoms with Crippen molar-refractivity contribution in [2.24, 2.45) is 0 Å². The van der Waals surface area contributed by atoms with Crippen LogP contribution < -0.4 is 11.7 Å². The van der Waals surface area contributed by atoms with E-state index < -0.39 is 19.3 Å². The van der Waals surface area contributed by atoms with Crippen LogP contribution >= 0.6 is 0 Å². The standard InChI is InChI=1S/C17H16N2Te/c1-13-8-9-16-15(12-13)18(2)17-10-11-19(20(16)17)14-6-4-3-5-7-14/h3-12H,1-2H3. The molecule has 0 aliphatic carbocycles. The summed E-state index contributed by atoms with van der Waals surface area (Å²) in [5.74, 6) is 0. The number of nitrogens with zero attached hydrogens (tertiary/aromatic N) is 2. The van der Waals surface area contributed by atoms with Crippen molar-refractivity contribution in [2.45, 2.75) is 6.92 Å². The van der Waals surface area contributed by atoms with Crippen molar-refractivity contribution >= 4 is 38.0 Å². The Morgan fingerprint density at radius 3 is 2.60 bits per heavy atom. The van der Waals surface area contributed by atoms with E-state index in [0.29, 0.717) is 0 Å². The van der Waals surface area contributed by atoms with E-state index in [9.17, 15) is 0 Å². The van der Waals surface area contributed by atoms with Crippen LogP contribution in [-0.2, 0) is 0 Å². The Labute approximate surface area is 126 Å². The molecule has 3 heteroatoms. The molecule has 0 saturated carbocycles. The van der Waals surface area contributed by atoms with Crippen LogP contribution in [0.1, 0.15) is 5.56 Å². The fourth-order valence-corrected chi connectivity index (χ4v) is 9.30. The molecule has 0 radical (unpaired) electrons. The predicted octanol–water partition coefficient (Wildman–Crippen LogP) is 2.39. The van der Waals surface area contributed by atoms with Gasteiger partial charge in [0.15, 0.2) is 0 Å². The maximum atomic E-state index is 2.52. The third kappa shape index (κ3) is 1.67. The van der Waals surface area contributed by atoms with Crippen molar-refractivity contribution in [2.75, 3.05) is 15.1 Å². The average Bonchev–Trinajstić information content (AvgIpc) is 3.01. The van der Waals surface area contributed by atoms with Crippen LogP contribution in [0.2, 0.25) is 0 Å². The second-order valence-electron chi connectivity index (χ2n) is 5.13. The summed E-state index contributed by atoms with van der Waals surface area (Å²) in [6, 6.07) is 17.6. The van der Waals surface area contributed by atoms with Gasteiger partial charge >= 0.3 is 126 Å². The molecule has 0 bridgehead atoms. The molecule has 100 valence electrons. The van der Waals surface area contributed by atoms with E-state index in [1.54, 1.807) is 3.61 Å². The first-order valence-corrected chi connectivity index (χ1v) is 10.1. The van der Waals surface area contributed by atoms with Gasteiger partial charge in [0.05, 0.1) is 0 Å². The summed E-state index contributed by atoms with van der Waals surface area (Å²) in [6.45, 7) is 2.17. The first-order valence-electron chi connectivity index (χ1n) is 6.74. The molecule has 2 aliphatic rings. The van der Waals surface area contributed by atoms with Gasteiger partial charge in [-0.1, -0.05) is 0 Å². The van der Waals surface area contributed by atoms with Crippen LogP contribution in [0.25, 0.3) is 0 Å². The van der Waals surface area contributed by atoms with Gasteiger partial charge in [-0.2, -0.15) is 0 Å². The maximum absolute atomic E-state index is 2.52. The van der Waals surface area contributed by atoms with Crippen LogP contribution in [0, 0.1) is 6.92 Å². The molecule has 2 aliphatic heterocycles. The zero-order chi connectivity index (χ0) is 13.7. The quantitative estimate of drug-likeness (QED) is 0.706. The number of rotatable bonds is 1. The third-order valence-electron chi connectivity index (χ3n) is 3.77. The number of para-hydroxylation sites is 1. The summed E-state index contributed by atoms with van der Waals surface area (Å²) in [4.78, 5) is 2.39. The Balaban J connectivity index is 1.87. The van der Waals surface area contributed by atoms with Crippen molar-refractivity contribution in [1.29, 1.82) is 0 Å². The molecule has 0 spiro atoms. The van der Waals surface area contributed by atoms with E-state index in [1.807, 2.05) is 0 Å².